The number of carbonyl (C=O) groups is 3. The van der Waals surface area contributed by atoms with Crippen molar-refractivity contribution in [3.8, 4) is 21.1 Å². The maximum atomic E-state index is 12.4. The van der Waals surface area contributed by atoms with Crippen LogP contribution in [0, 0.1) is 0 Å². The van der Waals surface area contributed by atoms with Crippen molar-refractivity contribution in [3.63, 3.8) is 0 Å². The van der Waals surface area contributed by atoms with E-state index >= 15 is 0 Å². The molecule has 2 aromatic heterocycles. The Morgan fingerprint density at radius 2 is 1.81 bits per heavy atom. The van der Waals surface area contributed by atoms with Gasteiger partial charge in [0, 0.05) is 16.0 Å². The van der Waals surface area contributed by atoms with E-state index in [2.05, 4.69) is 10.6 Å². The molecule has 9 heteroatoms. The maximum absolute atomic E-state index is 12.4. The van der Waals surface area contributed by atoms with Crippen molar-refractivity contribution in [2.24, 2.45) is 0 Å². The molecule has 0 aliphatic heterocycles. The molecule has 0 aliphatic carbocycles. The summed E-state index contributed by atoms with van der Waals surface area (Å²) >= 11 is 2.96. The third-order valence-corrected chi connectivity index (χ3v) is 5.86. The standard InChI is InChI=1S/C22H23N3O4S2/c1-22(2,3)25-21(28)23-17(26)13-29-18(27)12-16-19(15-10-7-11-30-15)24-20(31-16)14-8-5-4-6-9-14/h4-11H,12-13H2,1-3H3,(H2,23,25,26,28). The molecule has 3 aromatic rings. The van der Waals surface area contributed by atoms with Crippen LogP contribution in [-0.2, 0) is 20.7 Å². The number of nitrogens with one attached hydrogen (secondary N) is 2. The summed E-state index contributed by atoms with van der Waals surface area (Å²) in [5.74, 6) is -1.25. The van der Waals surface area contributed by atoms with E-state index < -0.39 is 30.1 Å². The first-order valence-corrected chi connectivity index (χ1v) is 11.3. The lowest BCUT2D eigenvalue weighted by molar-refractivity contribution is -0.147. The number of esters is 1. The molecule has 3 amide bonds. The summed E-state index contributed by atoms with van der Waals surface area (Å²) in [5, 5.41) is 7.50. The first-order chi connectivity index (χ1) is 14.7. The smallest absolute Gasteiger partial charge is 0.321 e. The van der Waals surface area contributed by atoms with Gasteiger partial charge in [-0.15, -0.1) is 22.7 Å². The SMILES string of the molecule is CC(C)(C)NC(=O)NC(=O)COC(=O)Cc1sc(-c2ccccc2)nc1-c1cccs1. The summed E-state index contributed by atoms with van der Waals surface area (Å²) in [4.78, 5) is 42.4. The molecule has 0 aliphatic rings. The van der Waals surface area contributed by atoms with Crippen molar-refractivity contribution in [1.29, 1.82) is 0 Å². The second-order valence-corrected chi connectivity index (χ2v) is 9.76. The van der Waals surface area contributed by atoms with Gasteiger partial charge in [0.05, 0.1) is 17.0 Å². The molecule has 1 aromatic carbocycles. The van der Waals surface area contributed by atoms with Crippen LogP contribution in [0.25, 0.3) is 21.1 Å². The van der Waals surface area contributed by atoms with Gasteiger partial charge in [-0.05, 0) is 32.2 Å². The molecule has 0 spiro atoms. The minimum absolute atomic E-state index is 0.0147. The second kappa shape index (κ2) is 9.84. The summed E-state index contributed by atoms with van der Waals surface area (Å²) in [6.45, 7) is 4.85. The Morgan fingerprint density at radius 1 is 1.06 bits per heavy atom. The van der Waals surface area contributed by atoms with Crippen molar-refractivity contribution in [2.75, 3.05) is 6.61 Å². The fourth-order valence-electron chi connectivity index (χ4n) is 2.64. The summed E-state index contributed by atoms with van der Waals surface area (Å²) < 4.78 is 5.08. The zero-order chi connectivity index (χ0) is 22.4. The van der Waals surface area contributed by atoms with E-state index in [0.29, 0.717) is 0 Å². The fraction of sp³-hybridized carbons (Fsp3) is 0.273. The number of nitrogens with zero attached hydrogens (tertiary/aromatic N) is 1. The van der Waals surface area contributed by atoms with Crippen LogP contribution in [0.1, 0.15) is 25.6 Å². The van der Waals surface area contributed by atoms with Crippen molar-refractivity contribution in [1.82, 2.24) is 15.6 Å². The predicted molar refractivity (Wildman–Crippen MR) is 122 cm³/mol. The molecule has 2 N–H and O–H groups in total. The second-order valence-electron chi connectivity index (χ2n) is 7.72. The van der Waals surface area contributed by atoms with Gasteiger partial charge in [0.15, 0.2) is 6.61 Å². The highest BCUT2D eigenvalue weighted by Crippen LogP contribution is 2.36. The monoisotopic (exact) mass is 457 g/mol. The van der Waals surface area contributed by atoms with Crippen LogP contribution in [-0.4, -0.2) is 35.0 Å². The van der Waals surface area contributed by atoms with E-state index in [1.165, 1.54) is 22.7 Å². The predicted octanol–water partition coefficient (Wildman–Crippen LogP) is 4.25. The minimum Gasteiger partial charge on any atom is -0.455 e. The molecule has 2 heterocycles. The first-order valence-electron chi connectivity index (χ1n) is 9.58. The van der Waals surface area contributed by atoms with Crippen LogP contribution < -0.4 is 10.6 Å². The van der Waals surface area contributed by atoms with Crippen molar-refractivity contribution >= 4 is 40.6 Å². The van der Waals surface area contributed by atoms with Crippen molar-refractivity contribution in [3.05, 3.63) is 52.7 Å². The van der Waals surface area contributed by atoms with E-state index in [1.54, 1.807) is 20.8 Å². The molecule has 0 atom stereocenters. The van der Waals surface area contributed by atoms with Gasteiger partial charge >= 0.3 is 12.0 Å². The number of hydrogen-bond donors (Lipinski definition) is 2. The van der Waals surface area contributed by atoms with Crippen LogP contribution in [0.5, 0.6) is 0 Å². The van der Waals surface area contributed by atoms with E-state index in [1.807, 2.05) is 47.8 Å². The zero-order valence-electron chi connectivity index (χ0n) is 17.4. The average molecular weight is 458 g/mol. The summed E-state index contributed by atoms with van der Waals surface area (Å²) in [7, 11) is 0. The Morgan fingerprint density at radius 3 is 2.45 bits per heavy atom. The number of urea groups is 1. The van der Waals surface area contributed by atoms with E-state index in [-0.39, 0.29) is 6.42 Å². The summed E-state index contributed by atoms with van der Waals surface area (Å²) in [6, 6.07) is 13.0. The van der Waals surface area contributed by atoms with Gasteiger partial charge < -0.3 is 10.1 Å². The fourth-order valence-corrected chi connectivity index (χ4v) is 4.52. The van der Waals surface area contributed by atoms with Gasteiger partial charge in [0.2, 0.25) is 0 Å². The highest BCUT2D eigenvalue weighted by atomic mass is 32.1. The molecule has 0 saturated carbocycles. The maximum Gasteiger partial charge on any atom is 0.321 e. The number of ether oxygens (including phenoxy) is 1. The molecule has 0 bridgehead atoms. The Kier molecular flexibility index (Phi) is 7.19. The minimum atomic E-state index is -0.692. The van der Waals surface area contributed by atoms with E-state index in [9.17, 15) is 14.4 Å². The number of aromatic nitrogens is 1. The topological polar surface area (TPSA) is 97.4 Å². The Hall–Kier alpha value is -3.04. The zero-order valence-corrected chi connectivity index (χ0v) is 19.1. The molecular weight excluding hydrogens is 434 g/mol. The van der Waals surface area contributed by atoms with Crippen molar-refractivity contribution < 1.29 is 19.1 Å². The van der Waals surface area contributed by atoms with Crippen LogP contribution in [0.4, 0.5) is 4.79 Å². The quantitative estimate of drug-likeness (QED) is 0.540. The number of imide groups is 1. The molecule has 0 fully saturated rings. The number of benzene rings is 1. The third-order valence-electron chi connectivity index (χ3n) is 3.88. The van der Waals surface area contributed by atoms with Crippen LogP contribution in [0.3, 0.4) is 0 Å². The lowest BCUT2D eigenvalue weighted by Gasteiger charge is -2.20. The lowest BCUT2D eigenvalue weighted by atomic mass is 10.1. The van der Waals surface area contributed by atoms with Crippen LogP contribution in [0.2, 0.25) is 0 Å². The number of thiazole rings is 1. The molecule has 0 saturated heterocycles. The molecule has 3 rings (SSSR count). The number of thiophene rings is 1. The first kappa shape index (κ1) is 22.6. The molecule has 0 radical (unpaired) electrons. The van der Waals surface area contributed by atoms with Crippen LogP contribution in [0.15, 0.2) is 47.8 Å². The number of carbonyl (C=O) groups excluding carboxylic acids is 3. The van der Waals surface area contributed by atoms with Crippen molar-refractivity contribution in [2.45, 2.75) is 32.7 Å². The Labute approximate surface area is 188 Å². The molecule has 7 nitrogen and oxygen atoms in total. The number of hydrogen-bond acceptors (Lipinski definition) is 7. The normalized spacial score (nSPS) is 11.1. The summed E-state index contributed by atoms with van der Waals surface area (Å²) in [6.07, 6.45) is -0.0147. The average Bonchev–Trinajstić information content (AvgIpc) is 3.35. The molecule has 162 valence electrons. The largest absolute Gasteiger partial charge is 0.455 e. The number of amides is 3. The molecule has 0 unspecified atom stereocenters. The van der Waals surface area contributed by atoms with Gasteiger partial charge in [-0.3, -0.25) is 14.9 Å². The molecule has 31 heavy (non-hydrogen) atoms. The third kappa shape index (κ3) is 6.73. The van der Waals surface area contributed by atoms with Gasteiger partial charge in [-0.25, -0.2) is 9.78 Å². The van der Waals surface area contributed by atoms with E-state index in [0.717, 1.165) is 26.0 Å². The van der Waals surface area contributed by atoms with Crippen LogP contribution >= 0.6 is 22.7 Å². The number of rotatable bonds is 6. The van der Waals surface area contributed by atoms with E-state index in [4.69, 9.17) is 9.72 Å². The summed E-state index contributed by atoms with van der Waals surface area (Å²) in [5.41, 5.74) is 1.22. The van der Waals surface area contributed by atoms with Gasteiger partial charge in [0.25, 0.3) is 5.91 Å². The van der Waals surface area contributed by atoms with Gasteiger partial charge in [-0.2, -0.15) is 0 Å². The molecular formula is C22H23N3O4S2. The van der Waals surface area contributed by atoms with Gasteiger partial charge in [0.1, 0.15) is 5.01 Å². The van der Waals surface area contributed by atoms with Gasteiger partial charge in [-0.1, -0.05) is 36.4 Å². The lowest BCUT2D eigenvalue weighted by Crippen LogP contribution is -2.49. The highest BCUT2D eigenvalue weighted by molar-refractivity contribution is 7.17. The Balaban J connectivity index is 1.65. The highest BCUT2D eigenvalue weighted by Gasteiger charge is 2.20. The Bertz CT molecular complexity index is 1050.